The molecule has 1 unspecified atom stereocenters. The second-order valence-corrected chi connectivity index (χ2v) is 8.39. The van der Waals surface area contributed by atoms with E-state index in [4.69, 9.17) is 0 Å². The lowest BCUT2D eigenvalue weighted by atomic mass is 10.00. The molecule has 2 heterocycles. The molecule has 4 rings (SSSR count). The van der Waals surface area contributed by atoms with Gasteiger partial charge < -0.3 is 16.0 Å². The fourth-order valence-corrected chi connectivity index (χ4v) is 3.66. The van der Waals surface area contributed by atoms with Gasteiger partial charge in [-0.05, 0) is 48.9 Å². The van der Waals surface area contributed by atoms with Crippen molar-refractivity contribution in [1.82, 2.24) is 25.4 Å². The van der Waals surface area contributed by atoms with E-state index in [0.717, 1.165) is 12.1 Å². The van der Waals surface area contributed by atoms with Crippen molar-refractivity contribution in [2.45, 2.75) is 19.1 Å². The predicted molar refractivity (Wildman–Crippen MR) is 129 cm³/mol. The molecule has 3 amide bonds. The molecule has 0 spiro atoms. The number of amides is 3. The van der Waals surface area contributed by atoms with Gasteiger partial charge in [-0.15, -0.1) is 0 Å². The molecule has 0 fully saturated rings. The minimum Gasteiger partial charge on any atom is -0.354 e. The first-order valence-electron chi connectivity index (χ1n) is 11.5. The molecular weight excluding hydrogens is 508 g/mol. The molecular formula is C25H22F4N6O3. The van der Waals surface area contributed by atoms with Crippen molar-refractivity contribution in [3.8, 4) is 0 Å². The summed E-state index contributed by atoms with van der Waals surface area (Å²) in [4.78, 5) is 40.1. The molecule has 3 aromatic rings. The number of halogens is 4. The number of hydrogen-bond acceptors (Lipinski definition) is 5. The van der Waals surface area contributed by atoms with Gasteiger partial charge in [0.2, 0.25) is 11.8 Å². The van der Waals surface area contributed by atoms with Crippen LogP contribution in [0.15, 0.2) is 66.6 Å². The lowest BCUT2D eigenvalue weighted by Gasteiger charge is -2.14. The first-order valence-corrected chi connectivity index (χ1v) is 11.5. The fourth-order valence-electron chi connectivity index (χ4n) is 3.66. The van der Waals surface area contributed by atoms with Crippen LogP contribution in [0.1, 0.15) is 22.6 Å². The summed E-state index contributed by atoms with van der Waals surface area (Å²) in [5, 5.41) is 12.7. The Morgan fingerprint density at radius 3 is 2.61 bits per heavy atom. The number of aromatic nitrogens is 3. The minimum atomic E-state index is -4.67. The third-order valence-corrected chi connectivity index (χ3v) is 5.53. The molecule has 0 saturated carbocycles. The average Bonchev–Trinajstić information content (AvgIpc) is 3.28. The molecule has 0 bridgehead atoms. The Labute approximate surface area is 213 Å². The molecule has 9 nitrogen and oxygen atoms in total. The Bertz CT molecular complexity index is 1430. The van der Waals surface area contributed by atoms with Gasteiger partial charge in [0, 0.05) is 30.4 Å². The minimum absolute atomic E-state index is 0.103. The summed E-state index contributed by atoms with van der Waals surface area (Å²) in [6.07, 6.45) is 1.26. The van der Waals surface area contributed by atoms with Gasteiger partial charge in [-0.3, -0.25) is 19.1 Å². The first kappa shape index (κ1) is 26.5. The molecule has 1 aromatic carbocycles. The lowest BCUT2D eigenvalue weighted by molar-refractivity contribution is -0.141. The topological polar surface area (TPSA) is 118 Å². The van der Waals surface area contributed by atoms with E-state index in [1.807, 2.05) is 0 Å². The Morgan fingerprint density at radius 1 is 1.08 bits per heavy atom. The molecule has 0 saturated heterocycles. The van der Waals surface area contributed by atoms with E-state index in [0.29, 0.717) is 16.6 Å². The molecule has 1 aliphatic carbocycles. The highest BCUT2D eigenvalue weighted by atomic mass is 19.4. The van der Waals surface area contributed by atoms with E-state index in [1.54, 1.807) is 18.3 Å². The molecule has 2 aromatic heterocycles. The largest absolute Gasteiger partial charge is 0.433 e. The van der Waals surface area contributed by atoms with Crippen molar-refractivity contribution < 1.29 is 31.9 Å². The Morgan fingerprint density at radius 2 is 1.87 bits per heavy atom. The summed E-state index contributed by atoms with van der Waals surface area (Å²) >= 11 is 0. The van der Waals surface area contributed by atoms with Gasteiger partial charge in [0.15, 0.2) is 0 Å². The zero-order valence-electron chi connectivity index (χ0n) is 19.8. The van der Waals surface area contributed by atoms with Crippen LogP contribution < -0.4 is 16.0 Å². The van der Waals surface area contributed by atoms with Crippen LogP contribution in [0.2, 0.25) is 0 Å². The molecule has 198 valence electrons. The van der Waals surface area contributed by atoms with Crippen LogP contribution >= 0.6 is 0 Å². The van der Waals surface area contributed by atoms with Crippen LogP contribution in [-0.2, 0) is 22.3 Å². The first-order chi connectivity index (χ1) is 18.1. The SMILES string of the molecule is O=C(Cn1cc2cc(NC(=O)c3cccc(C(F)(F)F)n3)ccc2n1)NCCNC(=O)C1C=CC(F)=CC1. The Hall–Kier alpha value is -4.55. The molecule has 13 heteroatoms. The summed E-state index contributed by atoms with van der Waals surface area (Å²) in [5.74, 6) is -2.24. The number of pyridine rings is 1. The van der Waals surface area contributed by atoms with Crippen LogP contribution in [0.3, 0.4) is 0 Å². The summed E-state index contributed by atoms with van der Waals surface area (Å²) in [6, 6.07) is 7.74. The third kappa shape index (κ3) is 6.81. The predicted octanol–water partition coefficient (Wildman–Crippen LogP) is 3.36. The number of benzene rings is 1. The zero-order valence-corrected chi connectivity index (χ0v) is 19.8. The number of allylic oxidation sites excluding steroid dienone is 3. The second-order valence-electron chi connectivity index (χ2n) is 8.39. The summed E-state index contributed by atoms with van der Waals surface area (Å²) in [5.41, 5.74) is -0.707. The normalized spacial score (nSPS) is 15.2. The lowest BCUT2D eigenvalue weighted by Crippen LogP contribution is -2.38. The Balaban J connectivity index is 1.27. The zero-order chi connectivity index (χ0) is 27.3. The maximum absolute atomic E-state index is 13.0. The van der Waals surface area contributed by atoms with Gasteiger partial charge in [0.05, 0.1) is 11.4 Å². The monoisotopic (exact) mass is 530 g/mol. The summed E-state index contributed by atoms with van der Waals surface area (Å²) in [7, 11) is 0. The quantitative estimate of drug-likeness (QED) is 0.305. The summed E-state index contributed by atoms with van der Waals surface area (Å²) < 4.78 is 53.0. The van der Waals surface area contributed by atoms with E-state index in [-0.39, 0.29) is 49.4 Å². The van der Waals surface area contributed by atoms with Gasteiger partial charge in [0.1, 0.15) is 23.8 Å². The van der Waals surface area contributed by atoms with Crippen LogP contribution in [0.5, 0.6) is 0 Å². The standard InChI is InChI=1S/C25H22F4N6O3/c26-17-6-4-15(5-7-17)23(37)31-11-10-30-22(36)14-35-13-16-12-18(8-9-19(16)34-35)32-24(38)20-2-1-3-21(33-20)25(27,28)29/h1-4,6-9,12-13,15H,5,10-11,14H2,(H,30,36)(H,31,37)(H,32,38). The highest BCUT2D eigenvalue weighted by Crippen LogP contribution is 2.27. The van der Waals surface area contributed by atoms with Gasteiger partial charge >= 0.3 is 6.18 Å². The van der Waals surface area contributed by atoms with Crippen LogP contribution in [0.25, 0.3) is 10.9 Å². The second kappa shape index (κ2) is 11.2. The summed E-state index contributed by atoms with van der Waals surface area (Å²) in [6.45, 7) is 0.283. The number of carbonyl (C=O) groups is 3. The molecule has 3 N–H and O–H groups in total. The average molecular weight is 530 g/mol. The number of hydrogen-bond donors (Lipinski definition) is 3. The van der Waals surface area contributed by atoms with Gasteiger partial charge in [0.25, 0.3) is 5.91 Å². The van der Waals surface area contributed by atoms with E-state index >= 15 is 0 Å². The van der Waals surface area contributed by atoms with Crippen molar-refractivity contribution in [3.05, 3.63) is 78.0 Å². The number of alkyl halides is 3. The molecule has 1 aliphatic rings. The van der Waals surface area contributed by atoms with Crippen molar-refractivity contribution >= 4 is 34.3 Å². The van der Waals surface area contributed by atoms with Gasteiger partial charge in [-0.1, -0.05) is 12.1 Å². The molecule has 38 heavy (non-hydrogen) atoms. The number of nitrogens with one attached hydrogen (secondary N) is 3. The van der Waals surface area contributed by atoms with E-state index in [2.05, 4.69) is 26.0 Å². The van der Waals surface area contributed by atoms with E-state index < -0.39 is 23.7 Å². The van der Waals surface area contributed by atoms with Crippen molar-refractivity contribution in [2.24, 2.45) is 5.92 Å². The smallest absolute Gasteiger partial charge is 0.354 e. The molecule has 0 radical (unpaired) electrons. The van der Waals surface area contributed by atoms with Crippen molar-refractivity contribution in [1.29, 1.82) is 0 Å². The van der Waals surface area contributed by atoms with Crippen LogP contribution in [0, 0.1) is 5.92 Å². The van der Waals surface area contributed by atoms with Crippen molar-refractivity contribution in [3.63, 3.8) is 0 Å². The Kier molecular flexibility index (Phi) is 7.84. The van der Waals surface area contributed by atoms with Crippen LogP contribution in [0.4, 0.5) is 23.2 Å². The third-order valence-electron chi connectivity index (χ3n) is 5.53. The number of fused-ring (bicyclic) bond motifs is 1. The fraction of sp³-hybridized carbons (Fsp3) is 0.240. The van der Waals surface area contributed by atoms with Gasteiger partial charge in [-0.25, -0.2) is 9.37 Å². The molecule has 1 atom stereocenters. The number of rotatable bonds is 8. The van der Waals surface area contributed by atoms with E-state index in [1.165, 1.54) is 35.0 Å². The highest BCUT2D eigenvalue weighted by Gasteiger charge is 2.33. The van der Waals surface area contributed by atoms with Gasteiger partial charge in [-0.2, -0.15) is 18.3 Å². The highest BCUT2D eigenvalue weighted by molar-refractivity contribution is 6.03. The number of anilines is 1. The maximum atomic E-state index is 13.0. The number of nitrogens with zero attached hydrogens (tertiary/aromatic N) is 3. The number of carbonyl (C=O) groups excluding carboxylic acids is 3. The van der Waals surface area contributed by atoms with E-state index in [9.17, 15) is 31.9 Å². The van der Waals surface area contributed by atoms with Crippen LogP contribution in [-0.4, -0.2) is 45.6 Å². The maximum Gasteiger partial charge on any atom is 0.433 e. The molecule has 0 aliphatic heterocycles. The van der Waals surface area contributed by atoms with Crippen molar-refractivity contribution in [2.75, 3.05) is 18.4 Å².